The molecule has 0 saturated heterocycles. The first-order valence-corrected chi connectivity index (χ1v) is 9.95. The molecule has 174 valence electrons. The summed E-state index contributed by atoms with van der Waals surface area (Å²) < 4.78 is 106. The molecule has 3 rings (SSSR count). The highest BCUT2D eigenvalue weighted by Gasteiger charge is 2.40. The van der Waals surface area contributed by atoms with Crippen LogP contribution in [-0.4, -0.2) is 55.3 Å². The van der Waals surface area contributed by atoms with Gasteiger partial charge in [0, 0.05) is 0 Å². The first-order valence-electron chi connectivity index (χ1n) is 8.40. The van der Waals surface area contributed by atoms with Crippen molar-refractivity contribution in [1.29, 1.82) is 0 Å². The Morgan fingerprint density at radius 1 is 1.19 bits per heavy atom. The highest BCUT2D eigenvalue weighted by Crippen LogP contribution is 2.43. The van der Waals surface area contributed by atoms with Crippen molar-refractivity contribution >= 4 is 15.7 Å². The molecule has 2 N–H and O–H groups in total. The number of methoxy groups -OCH3 is 2. The first-order chi connectivity index (χ1) is 14.9. The lowest BCUT2D eigenvalue weighted by atomic mass is 10.1. The zero-order chi connectivity index (χ0) is 23.8. The molecule has 0 bridgehead atoms. The predicted molar refractivity (Wildman–Crippen MR) is 97.2 cm³/mol. The van der Waals surface area contributed by atoms with Crippen LogP contribution in [0.4, 0.5) is 22.0 Å². The molecule has 0 atom stereocenters. The number of fused-ring (bicyclic) bond motifs is 1. The molecule has 0 saturated carbocycles. The molecule has 0 aliphatic carbocycles. The maximum Gasteiger partial charge on any atom is 0.417 e. The van der Waals surface area contributed by atoms with Crippen LogP contribution in [0.5, 0.6) is 17.5 Å². The van der Waals surface area contributed by atoms with Crippen LogP contribution in [-0.2, 0) is 16.2 Å². The van der Waals surface area contributed by atoms with Crippen LogP contribution in [0.2, 0.25) is 0 Å². The van der Waals surface area contributed by atoms with Crippen LogP contribution in [0.25, 0.3) is 17.0 Å². The lowest BCUT2D eigenvalue weighted by molar-refractivity contribution is -0.140. The Balaban J connectivity index is 2.38. The second kappa shape index (κ2) is 8.34. The van der Waals surface area contributed by atoms with E-state index in [1.807, 2.05) is 0 Å². The van der Waals surface area contributed by atoms with E-state index < -0.39 is 56.8 Å². The second-order valence-electron chi connectivity index (χ2n) is 6.05. The van der Waals surface area contributed by atoms with Gasteiger partial charge in [0.2, 0.25) is 15.7 Å². The Labute approximate surface area is 176 Å². The van der Waals surface area contributed by atoms with Crippen molar-refractivity contribution in [3.63, 3.8) is 0 Å². The van der Waals surface area contributed by atoms with Gasteiger partial charge in [-0.05, 0) is 12.1 Å². The van der Waals surface area contributed by atoms with Gasteiger partial charge in [-0.2, -0.15) is 22.7 Å². The maximum absolute atomic E-state index is 13.5. The van der Waals surface area contributed by atoms with E-state index in [0.29, 0.717) is 6.07 Å². The molecule has 3 aromatic rings. The van der Waals surface area contributed by atoms with E-state index in [2.05, 4.69) is 15.1 Å². The van der Waals surface area contributed by atoms with Crippen molar-refractivity contribution in [2.24, 2.45) is 5.14 Å². The topological polar surface area (TPSA) is 131 Å². The summed E-state index contributed by atoms with van der Waals surface area (Å²) in [4.78, 5) is 6.47. The number of benzene rings is 1. The molecule has 2 heterocycles. The van der Waals surface area contributed by atoms with Crippen LogP contribution in [0, 0.1) is 0 Å². The van der Waals surface area contributed by atoms with Crippen LogP contribution >= 0.6 is 0 Å². The summed E-state index contributed by atoms with van der Waals surface area (Å²) >= 11 is 0. The number of rotatable bonds is 7. The summed E-state index contributed by atoms with van der Waals surface area (Å²) in [5.74, 6) is -1.39. The van der Waals surface area contributed by atoms with Gasteiger partial charge in [0.15, 0.2) is 17.3 Å². The third-order valence-electron chi connectivity index (χ3n) is 4.00. The highest BCUT2D eigenvalue weighted by atomic mass is 32.2. The molecular formula is C16H14F5N5O5S. The number of halogens is 5. The van der Waals surface area contributed by atoms with Gasteiger partial charge >= 0.3 is 12.2 Å². The molecule has 0 amide bonds. The lowest BCUT2D eigenvalue weighted by Crippen LogP contribution is -2.22. The van der Waals surface area contributed by atoms with Crippen LogP contribution in [0.1, 0.15) is 5.56 Å². The Morgan fingerprint density at radius 3 is 2.41 bits per heavy atom. The standard InChI is InChI=1S/C16H14F5N5O5S/c1-29-9-5-23-15(30-2)26-14(9)24-13(25-26)7-3-4-8(16(19,20)21)12(32(22,27)28)11(7)31-6-10(17)18/h3-5,10H,6H2,1-2H3,(H2,22,27,28). The van der Waals surface area contributed by atoms with Gasteiger partial charge in [-0.25, -0.2) is 27.3 Å². The highest BCUT2D eigenvalue weighted by molar-refractivity contribution is 7.89. The van der Waals surface area contributed by atoms with Gasteiger partial charge < -0.3 is 14.2 Å². The van der Waals surface area contributed by atoms with Crippen molar-refractivity contribution in [3.8, 4) is 28.9 Å². The monoisotopic (exact) mass is 483 g/mol. The number of alkyl halides is 5. The Kier molecular flexibility index (Phi) is 6.10. The fourth-order valence-electron chi connectivity index (χ4n) is 2.76. The Hall–Kier alpha value is -3.27. The molecular weight excluding hydrogens is 469 g/mol. The summed E-state index contributed by atoms with van der Waals surface area (Å²) in [5, 5.41) is 9.00. The Bertz CT molecular complexity index is 1220. The number of nitrogens with two attached hydrogens (primary N) is 1. The normalized spacial score (nSPS) is 12.4. The molecule has 2 aromatic heterocycles. The average molecular weight is 483 g/mol. The fourth-order valence-corrected chi connectivity index (χ4v) is 3.68. The molecule has 0 aliphatic heterocycles. The molecule has 1 aromatic carbocycles. The minimum absolute atomic E-state index is 0.00814. The second-order valence-corrected chi connectivity index (χ2v) is 7.55. The average Bonchev–Trinajstić information content (AvgIpc) is 3.14. The summed E-state index contributed by atoms with van der Waals surface area (Å²) in [5.41, 5.74) is -2.16. The van der Waals surface area contributed by atoms with Crippen molar-refractivity contribution in [1.82, 2.24) is 19.6 Å². The molecule has 0 aliphatic rings. The minimum Gasteiger partial charge on any atom is -0.491 e. The number of hydrogen-bond acceptors (Lipinski definition) is 8. The van der Waals surface area contributed by atoms with E-state index in [9.17, 15) is 30.4 Å². The third-order valence-corrected chi connectivity index (χ3v) is 4.97. The van der Waals surface area contributed by atoms with Crippen LogP contribution < -0.4 is 19.3 Å². The zero-order valence-electron chi connectivity index (χ0n) is 16.2. The van der Waals surface area contributed by atoms with E-state index in [1.54, 1.807) is 0 Å². The van der Waals surface area contributed by atoms with E-state index in [0.717, 1.165) is 10.6 Å². The van der Waals surface area contributed by atoms with Gasteiger partial charge in [-0.15, -0.1) is 5.10 Å². The first kappa shape index (κ1) is 23.4. The SMILES string of the molecule is COc1cnc(OC)n2nc(-c3ccc(C(F)(F)F)c(S(N)(=O)=O)c3OCC(F)F)nc12. The van der Waals surface area contributed by atoms with Crippen LogP contribution in [0.15, 0.2) is 23.2 Å². The molecule has 0 spiro atoms. The third kappa shape index (κ3) is 4.36. The molecule has 0 fully saturated rings. The zero-order valence-corrected chi connectivity index (χ0v) is 17.0. The number of nitrogens with zero attached hydrogens (tertiary/aromatic N) is 4. The molecule has 16 heteroatoms. The van der Waals surface area contributed by atoms with Gasteiger partial charge in [-0.3, -0.25) is 0 Å². The molecule has 32 heavy (non-hydrogen) atoms. The van der Waals surface area contributed by atoms with E-state index in [1.165, 1.54) is 20.4 Å². The van der Waals surface area contributed by atoms with Gasteiger partial charge in [-0.1, -0.05) is 0 Å². The van der Waals surface area contributed by atoms with Crippen molar-refractivity contribution in [2.45, 2.75) is 17.5 Å². The number of aromatic nitrogens is 4. The largest absolute Gasteiger partial charge is 0.491 e. The van der Waals surface area contributed by atoms with E-state index >= 15 is 0 Å². The van der Waals surface area contributed by atoms with Crippen molar-refractivity contribution in [3.05, 3.63) is 23.9 Å². The Morgan fingerprint density at radius 2 is 1.88 bits per heavy atom. The quantitative estimate of drug-likeness (QED) is 0.506. The predicted octanol–water partition coefficient (Wildman–Crippen LogP) is 2.12. The van der Waals surface area contributed by atoms with E-state index in [4.69, 9.17) is 19.3 Å². The molecule has 10 nitrogen and oxygen atoms in total. The smallest absolute Gasteiger partial charge is 0.417 e. The minimum atomic E-state index is -5.19. The van der Waals surface area contributed by atoms with Crippen LogP contribution in [0.3, 0.4) is 0 Å². The van der Waals surface area contributed by atoms with Gasteiger partial charge in [0.1, 0.15) is 11.5 Å². The fraction of sp³-hybridized carbons (Fsp3) is 0.312. The van der Waals surface area contributed by atoms with Gasteiger partial charge in [0.05, 0.1) is 31.5 Å². The lowest BCUT2D eigenvalue weighted by Gasteiger charge is -2.18. The van der Waals surface area contributed by atoms with E-state index in [-0.39, 0.29) is 17.4 Å². The number of ether oxygens (including phenoxy) is 3. The van der Waals surface area contributed by atoms with Crippen molar-refractivity contribution < 1.29 is 44.6 Å². The number of primary sulfonamides is 1. The molecule has 0 radical (unpaired) electrons. The van der Waals surface area contributed by atoms with Gasteiger partial charge in [0.25, 0.3) is 6.43 Å². The number of hydrogen-bond donors (Lipinski definition) is 1. The summed E-state index contributed by atoms with van der Waals surface area (Å²) in [7, 11) is -2.56. The summed E-state index contributed by atoms with van der Waals surface area (Å²) in [6, 6.07) is 1.08. The number of sulfonamides is 1. The molecule has 0 unspecified atom stereocenters. The van der Waals surface area contributed by atoms with Crippen molar-refractivity contribution in [2.75, 3.05) is 20.8 Å². The summed E-state index contributed by atoms with van der Waals surface area (Å²) in [6.07, 6.45) is -7.10. The summed E-state index contributed by atoms with van der Waals surface area (Å²) in [6.45, 7) is -1.42. The maximum atomic E-state index is 13.5.